The van der Waals surface area contributed by atoms with E-state index in [0.717, 1.165) is 22.9 Å². The maximum atomic E-state index is 13.7. The van der Waals surface area contributed by atoms with Gasteiger partial charge in [-0.3, -0.25) is 4.79 Å². The monoisotopic (exact) mass is 659 g/mol. The minimum Gasteiger partial charge on any atom is -0.368 e. The van der Waals surface area contributed by atoms with Gasteiger partial charge in [0.25, 0.3) is 5.91 Å². The lowest BCUT2D eigenvalue weighted by Crippen LogP contribution is -2.48. The Labute approximate surface area is 267 Å². The van der Waals surface area contributed by atoms with Crippen molar-refractivity contribution < 1.29 is 18.0 Å². The normalized spacial score (nSPS) is 15.2. The Kier molecular flexibility index (Phi) is 8.55. The first-order valence-electron chi connectivity index (χ1n) is 14.0. The van der Waals surface area contributed by atoms with Gasteiger partial charge >= 0.3 is 6.18 Å². The molecule has 0 spiro atoms. The number of rotatable bonds is 5. The summed E-state index contributed by atoms with van der Waals surface area (Å²) >= 11 is 18.3. The maximum absolute atomic E-state index is 13.7. The van der Waals surface area contributed by atoms with Crippen LogP contribution >= 0.6 is 34.8 Å². The number of benzene rings is 3. The second-order valence-electron chi connectivity index (χ2n) is 10.7. The largest absolute Gasteiger partial charge is 0.416 e. The predicted molar refractivity (Wildman–Crippen MR) is 170 cm³/mol. The van der Waals surface area contributed by atoms with E-state index in [-0.39, 0.29) is 23.0 Å². The molecule has 1 amide bonds. The lowest BCUT2D eigenvalue weighted by atomic mass is 10.0. The zero-order valence-electron chi connectivity index (χ0n) is 23.3. The quantitative estimate of drug-likeness (QED) is 0.234. The summed E-state index contributed by atoms with van der Waals surface area (Å²) in [6, 6.07) is 18.4. The van der Waals surface area contributed by atoms with Gasteiger partial charge in [0.2, 0.25) is 0 Å². The summed E-state index contributed by atoms with van der Waals surface area (Å²) in [5.74, 6) is 0.550. The lowest BCUT2D eigenvalue weighted by molar-refractivity contribution is -0.138. The van der Waals surface area contributed by atoms with Gasteiger partial charge in [-0.05, 0) is 65.7 Å². The molecule has 0 atom stereocenters. The molecule has 0 radical (unpaired) electrons. The Bertz CT molecular complexity index is 1690. The van der Waals surface area contributed by atoms with Crippen LogP contribution < -0.4 is 15.1 Å². The Morgan fingerprint density at radius 2 is 1.59 bits per heavy atom. The van der Waals surface area contributed by atoms with Gasteiger partial charge < -0.3 is 20.0 Å². The van der Waals surface area contributed by atoms with Gasteiger partial charge in [-0.1, -0.05) is 46.9 Å². The van der Waals surface area contributed by atoms with E-state index in [9.17, 15) is 18.0 Å². The zero-order valence-corrected chi connectivity index (χ0v) is 25.6. The summed E-state index contributed by atoms with van der Waals surface area (Å²) in [7, 11) is 0. The van der Waals surface area contributed by atoms with Crippen LogP contribution in [0.4, 0.5) is 30.4 Å². The SMILES string of the molecule is O=C(c1ccc(-c2cnc3c(c2)N(Cc2cc(Cl)ccc2C(F)(F)F)CCN3)cc1)N1CCN(c2ccc(Cl)c(Cl)c2)CC1. The van der Waals surface area contributed by atoms with E-state index >= 15 is 0 Å². The number of nitrogens with zero attached hydrogens (tertiary/aromatic N) is 4. The highest BCUT2D eigenvalue weighted by Gasteiger charge is 2.34. The van der Waals surface area contributed by atoms with E-state index in [1.54, 1.807) is 24.4 Å². The van der Waals surface area contributed by atoms with Gasteiger partial charge in [-0.2, -0.15) is 13.2 Å². The summed E-state index contributed by atoms with van der Waals surface area (Å²) in [6.07, 6.45) is -2.77. The van der Waals surface area contributed by atoms with E-state index in [1.807, 2.05) is 40.1 Å². The fourth-order valence-corrected chi connectivity index (χ4v) is 6.08. The molecule has 12 heteroatoms. The summed E-state index contributed by atoms with van der Waals surface area (Å²) in [5.41, 5.74) is 3.26. The van der Waals surface area contributed by atoms with Gasteiger partial charge in [-0.25, -0.2) is 4.98 Å². The van der Waals surface area contributed by atoms with Crippen LogP contribution in [0.25, 0.3) is 11.1 Å². The Balaban J connectivity index is 1.16. The smallest absolute Gasteiger partial charge is 0.368 e. The maximum Gasteiger partial charge on any atom is 0.416 e. The van der Waals surface area contributed by atoms with Gasteiger partial charge in [-0.15, -0.1) is 0 Å². The number of halogens is 6. The van der Waals surface area contributed by atoms with Crippen molar-refractivity contribution in [1.82, 2.24) is 9.88 Å². The number of fused-ring (bicyclic) bond motifs is 1. The second-order valence-corrected chi connectivity index (χ2v) is 11.9. The third-order valence-electron chi connectivity index (χ3n) is 7.92. The molecule has 6 nitrogen and oxygen atoms in total. The number of nitrogens with one attached hydrogen (secondary N) is 1. The fraction of sp³-hybridized carbons (Fsp3) is 0.250. The Morgan fingerprint density at radius 3 is 2.30 bits per heavy atom. The zero-order chi connectivity index (χ0) is 31.0. The average molecular weight is 661 g/mol. The molecule has 6 rings (SSSR count). The van der Waals surface area contributed by atoms with Crippen molar-refractivity contribution in [3.63, 3.8) is 0 Å². The van der Waals surface area contributed by atoms with Gasteiger partial charge in [0.05, 0.1) is 21.3 Å². The summed E-state index contributed by atoms with van der Waals surface area (Å²) in [4.78, 5) is 23.7. The number of hydrogen-bond acceptors (Lipinski definition) is 5. The van der Waals surface area contributed by atoms with Crippen LogP contribution in [0.2, 0.25) is 15.1 Å². The van der Waals surface area contributed by atoms with Crippen molar-refractivity contribution in [3.8, 4) is 11.1 Å². The molecule has 228 valence electrons. The van der Waals surface area contributed by atoms with E-state index in [4.69, 9.17) is 34.8 Å². The first-order chi connectivity index (χ1) is 21.1. The number of alkyl halides is 3. The molecule has 44 heavy (non-hydrogen) atoms. The Hall–Kier alpha value is -3.66. The minimum absolute atomic E-state index is 0.0287. The number of carbonyl (C=O) groups is 1. The highest BCUT2D eigenvalue weighted by Crippen LogP contribution is 2.37. The van der Waals surface area contributed by atoms with E-state index < -0.39 is 11.7 Å². The number of piperazine rings is 1. The standard InChI is InChI=1S/C32H27Cl3F3N5O/c33-24-5-7-26(32(36,37)38)23(15-24)19-43-10-9-39-30-29(43)16-22(18-40-30)20-1-3-21(4-2-20)31(44)42-13-11-41(12-14-42)25-6-8-27(34)28(35)17-25/h1-8,15-18H,9-14,19H2,(H,39,40). The van der Waals surface area contributed by atoms with Crippen LogP contribution in [0.1, 0.15) is 21.5 Å². The molecular weight excluding hydrogens is 634 g/mol. The molecule has 3 heterocycles. The van der Waals surface area contributed by atoms with Crippen LogP contribution in [0.3, 0.4) is 0 Å². The van der Waals surface area contributed by atoms with Crippen molar-refractivity contribution in [3.05, 3.63) is 105 Å². The molecule has 0 aliphatic carbocycles. The molecule has 1 aromatic heterocycles. The summed E-state index contributed by atoms with van der Waals surface area (Å²) in [6.45, 7) is 3.55. The van der Waals surface area contributed by atoms with E-state index in [2.05, 4.69) is 15.2 Å². The molecule has 3 aromatic carbocycles. The lowest BCUT2D eigenvalue weighted by Gasteiger charge is -2.36. The average Bonchev–Trinajstić information content (AvgIpc) is 3.02. The number of amides is 1. The predicted octanol–water partition coefficient (Wildman–Crippen LogP) is 8.12. The molecule has 2 aliphatic heterocycles. The van der Waals surface area contributed by atoms with Crippen molar-refractivity contribution in [2.75, 3.05) is 54.4 Å². The summed E-state index contributed by atoms with van der Waals surface area (Å²) in [5, 5.41) is 4.48. The molecular formula is C32H27Cl3F3N5O. The molecule has 4 aromatic rings. The summed E-state index contributed by atoms with van der Waals surface area (Å²) < 4.78 is 41.1. The molecule has 1 fully saturated rings. The van der Waals surface area contributed by atoms with Crippen molar-refractivity contribution in [2.24, 2.45) is 0 Å². The van der Waals surface area contributed by atoms with Gasteiger partial charge in [0, 0.05) is 73.8 Å². The molecule has 1 saturated heterocycles. The third-order valence-corrected chi connectivity index (χ3v) is 8.89. The number of anilines is 3. The fourth-order valence-electron chi connectivity index (χ4n) is 5.59. The molecule has 0 bridgehead atoms. The van der Waals surface area contributed by atoms with Crippen LogP contribution in [-0.2, 0) is 12.7 Å². The number of pyridine rings is 1. The minimum atomic E-state index is -4.49. The molecule has 0 saturated carbocycles. The van der Waals surface area contributed by atoms with Gasteiger partial charge in [0.1, 0.15) is 5.82 Å². The first kappa shape index (κ1) is 30.4. The molecule has 0 unspecified atom stereocenters. The number of hydrogen-bond donors (Lipinski definition) is 1. The second kappa shape index (κ2) is 12.4. The van der Waals surface area contributed by atoms with Crippen molar-refractivity contribution in [1.29, 1.82) is 0 Å². The van der Waals surface area contributed by atoms with Crippen LogP contribution in [0.15, 0.2) is 72.9 Å². The van der Waals surface area contributed by atoms with Crippen molar-refractivity contribution >= 4 is 57.9 Å². The topological polar surface area (TPSA) is 51.7 Å². The van der Waals surface area contributed by atoms with Crippen LogP contribution in [0, 0.1) is 0 Å². The van der Waals surface area contributed by atoms with Crippen molar-refractivity contribution in [2.45, 2.75) is 12.7 Å². The number of carbonyl (C=O) groups excluding carboxylic acids is 1. The third kappa shape index (κ3) is 6.41. The molecule has 2 aliphatic rings. The first-order valence-corrected chi connectivity index (χ1v) is 15.1. The van der Waals surface area contributed by atoms with Gasteiger partial charge in [0.15, 0.2) is 0 Å². The van der Waals surface area contributed by atoms with E-state index in [1.165, 1.54) is 12.1 Å². The Morgan fingerprint density at radius 1 is 0.841 bits per heavy atom. The molecule has 1 N–H and O–H groups in total. The van der Waals surface area contributed by atoms with Crippen LogP contribution in [-0.4, -0.2) is 55.1 Å². The highest BCUT2D eigenvalue weighted by atomic mass is 35.5. The number of aromatic nitrogens is 1. The van der Waals surface area contributed by atoms with Crippen LogP contribution in [0.5, 0.6) is 0 Å². The van der Waals surface area contributed by atoms with E-state index in [0.29, 0.717) is 66.4 Å². The highest BCUT2D eigenvalue weighted by molar-refractivity contribution is 6.42.